The van der Waals surface area contributed by atoms with E-state index in [0.29, 0.717) is 23.1 Å². The summed E-state index contributed by atoms with van der Waals surface area (Å²) in [6, 6.07) is 13.5. The summed E-state index contributed by atoms with van der Waals surface area (Å²) in [7, 11) is 2.14. The number of likely N-dealkylation sites (tertiary alicyclic amines) is 1. The van der Waals surface area contributed by atoms with Gasteiger partial charge in [0.05, 0.1) is 18.1 Å². The molecule has 0 bridgehead atoms. The molecule has 2 heterocycles. The molecule has 29 heavy (non-hydrogen) atoms. The summed E-state index contributed by atoms with van der Waals surface area (Å²) in [5, 5.41) is 0. The zero-order valence-corrected chi connectivity index (χ0v) is 17.0. The molecule has 1 fully saturated rings. The average molecular weight is 394 g/mol. The van der Waals surface area contributed by atoms with Crippen molar-refractivity contribution >= 4 is 5.82 Å². The molecular weight excluding hydrogens is 365 g/mol. The van der Waals surface area contributed by atoms with Crippen LogP contribution in [0.1, 0.15) is 18.4 Å². The van der Waals surface area contributed by atoms with Crippen LogP contribution in [0.2, 0.25) is 0 Å². The SMILES string of the molecule is CN1CCC(N)CC1.Cc1ccccc1-c1ccc(-c2cnc(N)cn2)c(F)c1. The van der Waals surface area contributed by atoms with Crippen LogP contribution in [0.3, 0.4) is 0 Å². The number of nitrogens with two attached hydrogens (primary N) is 2. The molecule has 0 atom stereocenters. The summed E-state index contributed by atoms with van der Waals surface area (Å²) >= 11 is 0. The lowest BCUT2D eigenvalue weighted by Crippen LogP contribution is -2.37. The first kappa shape index (κ1) is 20.9. The normalized spacial score (nSPS) is 14.9. The van der Waals surface area contributed by atoms with Crippen LogP contribution < -0.4 is 11.5 Å². The maximum Gasteiger partial charge on any atom is 0.141 e. The molecule has 1 aliphatic rings. The number of nitrogen functional groups attached to an aromatic ring is 1. The van der Waals surface area contributed by atoms with E-state index in [2.05, 4.69) is 21.9 Å². The van der Waals surface area contributed by atoms with E-state index in [1.54, 1.807) is 6.07 Å². The van der Waals surface area contributed by atoms with Crippen molar-refractivity contribution < 1.29 is 4.39 Å². The van der Waals surface area contributed by atoms with Crippen LogP contribution in [0, 0.1) is 12.7 Å². The fourth-order valence-corrected chi connectivity index (χ4v) is 3.29. The van der Waals surface area contributed by atoms with Crippen LogP contribution in [0.5, 0.6) is 0 Å². The first-order valence-corrected chi connectivity index (χ1v) is 9.81. The summed E-state index contributed by atoms with van der Waals surface area (Å²) in [5.74, 6) is -0.00878. The number of nitrogens with zero attached hydrogens (tertiary/aromatic N) is 3. The molecule has 4 rings (SSSR count). The maximum atomic E-state index is 14.4. The van der Waals surface area contributed by atoms with Gasteiger partial charge in [-0.2, -0.15) is 0 Å². The van der Waals surface area contributed by atoms with Crippen LogP contribution in [-0.4, -0.2) is 41.0 Å². The van der Waals surface area contributed by atoms with Crippen molar-refractivity contribution in [2.75, 3.05) is 25.9 Å². The smallest absolute Gasteiger partial charge is 0.141 e. The molecule has 5 nitrogen and oxygen atoms in total. The Morgan fingerprint density at radius 1 is 1.00 bits per heavy atom. The molecule has 0 spiro atoms. The highest BCUT2D eigenvalue weighted by Gasteiger charge is 2.11. The lowest BCUT2D eigenvalue weighted by Gasteiger charge is -2.25. The largest absolute Gasteiger partial charge is 0.382 e. The van der Waals surface area contributed by atoms with Crippen LogP contribution in [0.4, 0.5) is 10.2 Å². The van der Waals surface area contributed by atoms with Gasteiger partial charge in [-0.15, -0.1) is 0 Å². The van der Waals surface area contributed by atoms with E-state index in [9.17, 15) is 4.39 Å². The van der Waals surface area contributed by atoms with E-state index in [0.717, 1.165) is 16.7 Å². The zero-order valence-electron chi connectivity index (χ0n) is 17.0. The Hall–Kier alpha value is -2.83. The first-order valence-electron chi connectivity index (χ1n) is 9.81. The standard InChI is InChI=1S/C17H14FN3.C6H14N2/c1-11-4-2-3-5-13(11)12-6-7-14(15(18)8-12)16-9-21-17(19)10-20-16;1-8-4-2-6(7)3-5-8/h2-10H,1H3,(H2,19,21);6H,2-5,7H2,1H3. The van der Waals surface area contributed by atoms with E-state index >= 15 is 0 Å². The molecule has 1 aromatic heterocycles. The molecule has 2 aromatic carbocycles. The Morgan fingerprint density at radius 2 is 1.72 bits per heavy atom. The van der Waals surface area contributed by atoms with E-state index < -0.39 is 0 Å². The van der Waals surface area contributed by atoms with Crippen molar-refractivity contribution in [1.29, 1.82) is 0 Å². The second-order valence-electron chi connectivity index (χ2n) is 7.48. The summed E-state index contributed by atoms with van der Waals surface area (Å²) in [6.07, 6.45) is 5.25. The van der Waals surface area contributed by atoms with Gasteiger partial charge in [0, 0.05) is 11.6 Å². The molecule has 4 N–H and O–H groups in total. The van der Waals surface area contributed by atoms with Gasteiger partial charge in [-0.25, -0.2) is 9.37 Å². The van der Waals surface area contributed by atoms with Gasteiger partial charge < -0.3 is 16.4 Å². The third kappa shape index (κ3) is 5.59. The highest BCUT2D eigenvalue weighted by atomic mass is 19.1. The number of piperidine rings is 1. The number of hydrogen-bond donors (Lipinski definition) is 2. The van der Waals surface area contributed by atoms with Crippen molar-refractivity contribution in [3.8, 4) is 22.4 Å². The quantitative estimate of drug-likeness (QED) is 0.691. The maximum absolute atomic E-state index is 14.4. The lowest BCUT2D eigenvalue weighted by atomic mass is 9.98. The number of benzene rings is 2. The first-order chi connectivity index (χ1) is 13.9. The summed E-state index contributed by atoms with van der Waals surface area (Å²) in [5.41, 5.74) is 15.0. The Kier molecular flexibility index (Phi) is 6.90. The molecule has 0 aliphatic carbocycles. The van der Waals surface area contributed by atoms with Crippen LogP contribution >= 0.6 is 0 Å². The Balaban J connectivity index is 0.000000252. The fraction of sp³-hybridized carbons (Fsp3) is 0.304. The predicted molar refractivity (Wildman–Crippen MR) is 117 cm³/mol. The number of halogens is 1. The topological polar surface area (TPSA) is 81.1 Å². The third-order valence-electron chi connectivity index (χ3n) is 5.14. The van der Waals surface area contributed by atoms with Gasteiger partial charge >= 0.3 is 0 Å². The van der Waals surface area contributed by atoms with E-state index in [1.165, 1.54) is 44.4 Å². The average Bonchev–Trinajstić information content (AvgIpc) is 2.72. The second-order valence-corrected chi connectivity index (χ2v) is 7.48. The van der Waals surface area contributed by atoms with Crippen molar-refractivity contribution in [3.05, 3.63) is 66.2 Å². The third-order valence-corrected chi connectivity index (χ3v) is 5.14. The van der Waals surface area contributed by atoms with Crippen LogP contribution in [0.15, 0.2) is 54.9 Å². The van der Waals surface area contributed by atoms with Crippen molar-refractivity contribution in [2.24, 2.45) is 5.73 Å². The molecule has 1 aliphatic heterocycles. The van der Waals surface area contributed by atoms with Crippen LogP contribution in [0.25, 0.3) is 22.4 Å². The number of hydrogen-bond acceptors (Lipinski definition) is 5. The summed E-state index contributed by atoms with van der Waals surface area (Å²) in [4.78, 5) is 10.4. The number of aromatic nitrogens is 2. The Morgan fingerprint density at radius 3 is 2.31 bits per heavy atom. The molecule has 152 valence electrons. The highest BCUT2D eigenvalue weighted by Crippen LogP contribution is 2.28. The van der Waals surface area contributed by atoms with E-state index in [4.69, 9.17) is 11.5 Å². The van der Waals surface area contributed by atoms with Gasteiger partial charge in [-0.1, -0.05) is 30.3 Å². The molecule has 3 aromatic rings. The van der Waals surface area contributed by atoms with Gasteiger partial charge in [-0.3, -0.25) is 4.98 Å². The summed E-state index contributed by atoms with van der Waals surface area (Å²) in [6.45, 7) is 4.37. The van der Waals surface area contributed by atoms with E-state index in [1.807, 2.05) is 37.3 Å². The van der Waals surface area contributed by atoms with Crippen molar-refractivity contribution in [3.63, 3.8) is 0 Å². The minimum atomic E-state index is -0.324. The molecular formula is C23H28FN5. The fourth-order valence-electron chi connectivity index (χ4n) is 3.29. The van der Waals surface area contributed by atoms with E-state index in [-0.39, 0.29) is 5.82 Å². The molecule has 0 saturated carbocycles. The minimum Gasteiger partial charge on any atom is -0.382 e. The van der Waals surface area contributed by atoms with Gasteiger partial charge in [0.2, 0.25) is 0 Å². The Bertz CT molecular complexity index is 924. The Labute approximate surface area is 171 Å². The number of aryl methyl sites for hydroxylation is 1. The molecule has 6 heteroatoms. The van der Waals surface area contributed by atoms with Crippen molar-refractivity contribution in [2.45, 2.75) is 25.8 Å². The minimum absolute atomic E-state index is 0.315. The monoisotopic (exact) mass is 393 g/mol. The molecule has 1 saturated heterocycles. The van der Waals surface area contributed by atoms with Gasteiger partial charge in [0.25, 0.3) is 0 Å². The second kappa shape index (κ2) is 9.58. The van der Waals surface area contributed by atoms with Crippen molar-refractivity contribution in [1.82, 2.24) is 14.9 Å². The number of rotatable bonds is 2. The molecule has 0 radical (unpaired) electrons. The highest BCUT2D eigenvalue weighted by molar-refractivity contribution is 5.71. The zero-order chi connectivity index (χ0) is 20.8. The summed E-state index contributed by atoms with van der Waals surface area (Å²) < 4.78 is 14.4. The van der Waals surface area contributed by atoms with Gasteiger partial charge in [-0.05, 0) is 68.7 Å². The lowest BCUT2D eigenvalue weighted by molar-refractivity contribution is 0.256. The molecule has 0 unspecified atom stereocenters. The predicted octanol–water partition coefficient (Wildman–Crippen LogP) is 3.88. The van der Waals surface area contributed by atoms with Crippen LogP contribution in [-0.2, 0) is 0 Å². The van der Waals surface area contributed by atoms with Gasteiger partial charge in [0.1, 0.15) is 11.6 Å². The number of anilines is 1. The molecule has 0 amide bonds. The van der Waals surface area contributed by atoms with Gasteiger partial charge in [0.15, 0.2) is 0 Å².